The molecule has 322 valence electrons. The van der Waals surface area contributed by atoms with Gasteiger partial charge in [-0.25, -0.2) is 0 Å². The molecular weight excluding hydrogens is 776 g/mol. The molecule has 7 rings (SSSR count). The third-order valence-electron chi connectivity index (χ3n) is 14.0. The first kappa shape index (κ1) is 47.4. The van der Waals surface area contributed by atoms with Gasteiger partial charge in [0.05, 0.1) is 49.2 Å². The van der Waals surface area contributed by atoms with Crippen molar-refractivity contribution in [1.29, 1.82) is 0 Å². The molecule has 58 heavy (non-hydrogen) atoms. The number of aliphatic carboxylic acids is 1. The molecule has 0 saturated carbocycles. The third kappa shape index (κ3) is 10.1. The minimum absolute atomic E-state index is 0. The number of fused-ring (bicyclic) bond motifs is 1. The summed E-state index contributed by atoms with van der Waals surface area (Å²) in [6.45, 7) is 14.4. The zero-order chi connectivity index (χ0) is 40.9. The molecule has 0 aromatic rings. The Balaban J connectivity index is 0.00000567. The topological polar surface area (TPSA) is 186 Å². The molecule has 3 spiro atoms. The summed E-state index contributed by atoms with van der Waals surface area (Å²) in [6.07, 6.45) is 9.10. The Morgan fingerprint density at radius 3 is 2.48 bits per heavy atom. The summed E-state index contributed by atoms with van der Waals surface area (Å²) in [6, 6.07) is 0. The van der Waals surface area contributed by atoms with Crippen LogP contribution in [-0.4, -0.2) is 117 Å². The SMILES string of the molecule is C=C1[C@H]([C@@H](O)C[C@@H](C)[C@@H]2O[C@]3(CCCCO3)CC[C@H]2C)O[C@@H]2CC[C@@]3(CC[C@H](/C=C\[C@@H](C)[C@@H]4CC(C)=C[C@@]5(O[C@H](C[C@@](C)(O)C(=O)[O-])CC[C@@H]5O)O4)O3)O[C@@H]2[C@H]1O.[K+]. The average molecular weight is 843 g/mol. The maximum Gasteiger partial charge on any atom is 1.00 e. The Hall–Kier alpha value is -0.114. The summed E-state index contributed by atoms with van der Waals surface area (Å²) in [4.78, 5) is 11.5. The van der Waals surface area contributed by atoms with E-state index in [9.17, 15) is 30.3 Å². The van der Waals surface area contributed by atoms with Crippen molar-refractivity contribution in [1.82, 2.24) is 0 Å². The van der Waals surface area contributed by atoms with Crippen molar-refractivity contribution in [2.45, 2.75) is 209 Å². The number of aliphatic hydroxyl groups excluding tert-OH is 3. The number of aliphatic hydroxyl groups is 4. The normalized spacial score (nSPS) is 44.6. The molecule has 6 saturated heterocycles. The van der Waals surface area contributed by atoms with Crippen LogP contribution < -0.4 is 56.5 Å². The largest absolute Gasteiger partial charge is 1.00 e. The Labute approximate surface area is 386 Å². The monoisotopic (exact) mass is 842 g/mol. The Kier molecular flexibility index (Phi) is 15.5. The van der Waals surface area contributed by atoms with Crippen molar-refractivity contribution in [3.63, 3.8) is 0 Å². The molecule has 0 aliphatic carbocycles. The van der Waals surface area contributed by atoms with Crippen LogP contribution in [0.3, 0.4) is 0 Å². The number of carboxylic acids is 1. The van der Waals surface area contributed by atoms with Gasteiger partial charge in [-0.3, -0.25) is 0 Å². The van der Waals surface area contributed by atoms with E-state index in [0.717, 1.165) is 50.7 Å². The summed E-state index contributed by atoms with van der Waals surface area (Å²) >= 11 is 0. The number of ether oxygens (including phenoxy) is 7. The summed E-state index contributed by atoms with van der Waals surface area (Å²) in [5.41, 5.74) is -0.677. The second kappa shape index (κ2) is 18.9. The molecule has 0 unspecified atom stereocenters. The maximum absolute atomic E-state index is 11.5. The summed E-state index contributed by atoms with van der Waals surface area (Å²) in [7, 11) is 0. The molecule has 0 aromatic carbocycles. The molecular formula is C44H67KO13. The number of rotatable bonds is 10. The molecule has 7 aliphatic rings. The fourth-order valence-electron chi connectivity index (χ4n) is 10.5. The van der Waals surface area contributed by atoms with Crippen LogP contribution in [0, 0.1) is 17.8 Å². The van der Waals surface area contributed by atoms with Crippen LogP contribution in [0.15, 0.2) is 36.0 Å². The molecule has 4 N–H and O–H groups in total. The van der Waals surface area contributed by atoms with Crippen LogP contribution in [-0.2, 0) is 38.0 Å². The smallest absolute Gasteiger partial charge is 0.547 e. The standard InChI is InChI=1S/C44H68O13.K/c1-25-21-34(55-44(23-25)35(46)12-11-31(54-44)24-41(6,50)40(48)49)26(2)9-10-30-14-18-43(53-30)19-15-33-39(57-43)36(47)29(5)38(52-33)32(45)22-28(4)37-27(3)13-17-42(56-37)16-7-8-20-51-42;/h9-10,23,26-28,30-39,45-47,50H,5,7-8,11-22,24H2,1-4,6H3,(H,48,49);/q;+1/p-1/b10-9-;/t26-,27-,28-,30+,31+,32+,33-,34+,35+,36+,37-,38-,39+,41-,42-,43-,44-;/m1./s1. The molecule has 17 atom stereocenters. The molecule has 0 amide bonds. The predicted octanol–water partition coefficient (Wildman–Crippen LogP) is 0.883. The van der Waals surface area contributed by atoms with Crippen LogP contribution in [0.2, 0.25) is 0 Å². The molecule has 14 heteroatoms. The number of hydrogen-bond donors (Lipinski definition) is 4. The first-order valence-corrected chi connectivity index (χ1v) is 21.6. The van der Waals surface area contributed by atoms with E-state index in [2.05, 4.69) is 20.4 Å². The van der Waals surface area contributed by atoms with Crippen molar-refractivity contribution in [2.24, 2.45) is 17.8 Å². The van der Waals surface area contributed by atoms with Crippen LogP contribution in [0.25, 0.3) is 0 Å². The van der Waals surface area contributed by atoms with Crippen molar-refractivity contribution >= 4 is 5.97 Å². The minimum Gasteiger partial charge on any atom is -0.547 e. The molecule has 7 heterocycles. The van der Waals surface area contributed by atoms with E-state index >= 15 is 0 Å². The summed E-state index contributed by atoms with van der Waals surface area (Å²) < 4.78 is 45.2. The second-order valence-electron chi connectivity index (χ2n) is 18.9. The Morgan fingerprint density at radius 2 is 1.76 bits per heavy atom. The third-order valence-corrected chi connectivity index (χ3v) is 14.0. The molecule has 0 radical (unpaired) electrons. The van der Waals surface area contributed by atoms with Crippen LogP contribution >= 0.6 is 0 Å². The van der Waals surface area contributed by atoms with E-state index < -0.39 is 71.7 Å². The first-order valence-electron chi connectivity index (χ1n) is 21.6. The van der Waals surface area contributed by atoms with Gasteiger partial charge in [-0.1, -0.05) is 45.1 Å². The fourth-order valence-corrected chi connectivity index (χ4v) is 10.5. The number of carbonyl (C=O) groups is 1. The van der Waals surface area contributed by atoms with Crippen molar-refractivity contribution < 1.29 is 115 Å². The van der Waals surface area contributed by atoms with E-state index in [0.29, 0.717) is 56.4 Å². The zero-order valence-electron chi connectivity index (χ0n) is 35.5. The van der Waals surface area contributed by atoms with E-state index in [1.165, 1.54) is 6.92 Å². The Morgan fingerprint density at radius 1 is 1.02 bits per heavy atom. The van der Waals surface area contributed by atoms with Gasteiger partial charge >= 0.3 is 51.4 Å². The van der Waals surface area contributed by atoms with Crippen LogP contribution in [0.4, 0.5) is 0 Å². The van der Waals surface area contributed by atoms with Crippen molar-refractivity contribution in [2.75, 3.05) is 6.61 Å². The Bertz CT molecular complexity index is 1510. The van der Waals surface area contributed by atoms with E-state index in [1.807, 2.05) is 26.0 Å². The van der Waals surface area contributed by atoms with Gasteiger partial charge in [-0.15, -0.1) is 0 Å². The van der Waals surface area contributed by atoms with Gasteiger partial charge < -0.3 is 63.5 Å². The van der Waals surface area contributed by atoms with Gasteiger partial charge in [0.2, 0.25) is 5.79 Å². The quantitative estimate of drug-likeness (QED) is 0.180. The van der Waals surface area contributed by atoms with Gasteiger partial charge in [0.15, 0.2) is 11.6 Å². The molecule has 13 nitrogen and oxygen atoms in total. The van der Waals surface area contributed by atoms with Gasteiger partial charge in [0, 0.05) is 38.0 Å². The summed E-state index contributed by atoms with van der Waals surface area (Å²) in [5.74, 6) is -4.11. The van der Waals surface area contributed by atoms with E-state index in [4.69, 9.17) is 33.2 Å². The summed E-state index contributed by atoms with van der Waals surface area (Å²) in [5, 5.41) is 56.0. The maximum atomic E-state index is 11.5. The van der Waals surface area contributed by atoms with E-state index in [-0.39, 0.29) is 88.0 Å². The molecule has 0 aromatic heterocycles. The molecule has 7 aliphatic heterocycles. The van der Waals surface area contributed by atoms with Gasteiger partial charge in [0.1, 0.15) is 30.0 Å². The van der Waals surface area contributed by atoms with Crippen LogP contribution in [0.1, 0.15) is 125 Å². The predicted molar refractivity (Wildman–Crippen MR) is 205 cm³/mol. The van der Waals surface area contributed by atoms with Gasteiger partial charge in [0.25, 0.3) is 0 Å². The van der Waals surface area contributed by atoms with Crippen molar-refractivity contribution in [3.8, 4) is 0 Å². The van der Waals surface area contributed by atoms with Crippen molar-refractivity contribution in [3.05, 3.63) is 36.0 Å². The van der Waals surface area contributed by atoms with Gasteiger partial charge in [-0.05, 0) is 95.1 Å². The zero-order valence-corrected chi connectivity index (χ0v) is 38.6. The molecule has 6 fully saturated rings. The number of hydrogen-bond acceptors (Lipinski definition) is 13. The minimum atomic E-state index is -2.07. The first-order chi connectivity index (χ1) is 26.9. The fraction of sp³-hybridized carbons (Fsp3) is 0.841. The number of carboxylic acid groups (broad SMARTS) is 1. The van der Waals surface area contributed by atoms with Gasteiger partial charge in [-0.2, -0.15) is 0 Å². The average Bonchev–Trinajstić information content (AvgIpc) is 3.56. The number of carbonyl (C=O) groups excluding carboxylic acids is 1. The van der Waals surface area contributed by atoms with E-state index in [1.54, 1.807) is 6.08 Å². The second-order valence-corrected chi connectivity index (χ2v) is 18.9. The molecule has 0 bridgehead atoms. The van der Waals surface area contributed by atoms with Crippen LogP contribution in [0.5, 0.6) is 0 Å².